The van der Waals surface area contributed by atoms with Gasteiger partial charge in [0.2, 0.25) is 0 Å². The Morgan fingerprint density at radius 3 is 2.57 bits per heavy atom. The van der Waals surface area contributed by atoms with Gasteiger partial charge < -0.3 is 10.2 Å². The van der Waals surface area contributed by atoms with Crippen LogP contribution in [0.15, 0.2) is 56.1 Å². The number of furan rings is 1. The number of para-hydroxylation sites is 1. The third-order valence-corrected chi connectivity index (χ3v) is 3.09. The molecule has 0 unspecified atom stereocenters. The number of hydrazone groups is 1. The summed E-state index contributed by atoms with van der Waals surface area (Å²) in [6.07, 6.45) is 0. The molecular weight excluding hydrogens is 266 g/mol. The van der Waals surface area contributed by atoms with Crippen LogP contribution in [-0.4, -0.2) is 17.3 Å². The molecule has 0 aliphatic carbocycles. The molecule has 3 N–H and O–H groups in total. The van der Waals surface area contributed by atoms with Crippen molar-refractivity contribution >= 4 is 22.9 Å². The van der Waals surface area contributed by atoms with Gasteiger partial charge in [0.15, 0.2) is 11.5 Å². The fourth-order valence-electron chi connectivity index (χ4n) is 2.11. The number of benzene rings is 1. The molecule has 2 heterocycles. The van der Waals surface area contributed by atoms with Crippen molar-refractivity contribution in [3.05, 3.63) is 53.5 Å². The van der Waals surface area contributed by atoms with Gasteiger partial charge in [0.05, 0.1) is 5.69 Å². The summed E-state index contributed by atoms with van der Waals surface area (Å²) in [7, 11) is 0. The summed E-state index contributed by atoms with van der Waals surface area (Å²) in [4.78, 5) is 0. The first-order valence-electron chi connectivity index (χ1n) is 6.53. The van der Waals surface area contributed by atoms with E-state index in [1.807, 2.05) is 50.2 Å². The molecule has 1 aromatic carbocycles. The highest BCUT2D eigenvalue weighted by atomic mass is 16.3. The van der Waals surface area contributed by atoms with Gasteiger partial charge in [-0.05, 0) is 32.0 Å². The highest BCUT2D eigenvalue weighted by molar-refractivity contribution is 6.72. The number of rotatable bonds is 3. The van der Waals surface area contributed by atoms with Crippen molar-refractivity contribution in [1.82, 2.24) is 0 Å². The number of anilines is 1. The summed E-state index contributed by atoms with van der Waals surface area (Å²) >= 11 is 0. The van der Waals surface area contributed by atoms with E-state index >= 15 is 0 Å². The van der Waals surface area contributed by atoms with Crippen molar-refractivity contribution in [2.75, 3.05) is 5.43 Å². The molecule has 0 amide bonds. The molecule has 21 heavy (non-hydrogen) atoms. The van der Waals surface area contributed by atoms with E-state index in [0.717, 1.165) is 22.8 Å². The molecule has 3 rings (SSSR count). The topological polar surface area (TPSA) is 88.3 Å². The largest absolute Gasteiger partial charge is 0.466 e. The number of nitrogens with two attached hydrogens (primary N) is 1. The Labute approximate surface area is 122 Å². The van der Waals surface area contributed by atoms with Crippen molar-refractivity contribution in [2.45, 2.75) is 13.8 Å². The standard InChI is InChI=1S/C15H15N5O/c1-9-8-12(10(2)21-9)13-14(15(16)20-18-13)19-17-11-6-4-3-5-7-11/h3-8,17H,1-2H3,(H2,16,19,20). The molecule has 0 fully saturated rings. The summed E-state index contributed by atoms with van der Waals surface area (Å²) in [5, 5.41) is 12.3. The normalized spacial score (nSPS) is 16.0. The van der Waals surface area contributed by atoms with Crippen LogP contribution in [0.5, 0.6) is 0 Å². The van der Waals surface area contributed by atoms with E-state index in [9.17, 15) is 0 Å². The molecule has 0 spiro atoms. The summed E-state index contributed by atoms with van der Waals surface area (Å²) in [6.45, 7) is 3.76. The van der Waals surface area contributed by atoms with Gasteiger partial charge in [-0.15, -0.1) is 10.2 Å². The molecule has 2 aromatic rings. The fourth-order valence-corrected chi connectivity index (χ4v) is 2.11. The quantitative estimate of drug-likeness (QED) is 0.847. The molecule has 106 valence electrons. The predicted molar refractivity (Wildman–Crippen MR) is 83.8 cm³/mol. The molecule has 6 heteroatoms. The summed E-state index contributed by atoms with van der Waals surface area (Å²) in [6, 6.07) is 11.5. The van der Waals surface area contributed by atoms with E-state index in [1.54, 1.807) is 0 Å². The zero-order valence-electron chi connectivity index (χ0n) is 11.8. The van der Waals surface area contributed by atoms with E-state index < -0.39 is 0 Å². The molecular formula is C15H15N5O. The van der Waals surface area contributed by atoms with Crippen LogP contribution in [-0.2, 0) is 0 Å². The highest BCUT2D eigenvalue weighted by Crippen LogP contribution is 2.18. The Bertz CT molecular complexity index is 756. The molecule has 1 aliphatic rings. The average Bonchev–Trinajstić information content (AvgIpc) is 3.00. The van der Waals surface area contributed by atoms with Gasteiger partial charge in [-0.25, -0.2) is 0 Å². The first kappa shape index (κ1) is 13.1. The van der Waals surface area contributed by atoms with Crippen LogP contribution in [0.1, 0.15) is 17.1 Å². The minimum atomic E-state index is 0.284. The Hall–Kier alpha value is -2.89. The molecule has 6 nitrogen and oxygen atoms in total. The van der Waals surface area contributed by atoms with Gasteiger partial charge in [0, 0.05) is 5.56 Å². The maximum absolute atomic E-state index is 5.86. The van der Waals surface area contributed by atoms with E-state index in [4.69, 9.17) is 10.2 Å². The number of nitrogens with one attached hydrogen (secondary N) is 1. The second kappa shape index (κ2) is 5.24. The molecule has 0 saturated carbocycles. The van der Waals surface area contributed by atoms with Gasteiger partial charge in [-0.2, -0.15) is 5.10 Å². The number of hydrogen-bond acceptors (Lipinski definition) is 6. The zero-order chi connectivity index (χ0) is 14.8. The smallest absolute Gasteiger partial charge is 0.176 e. The van der Waals surface area contributed by atoms with Crippen LogP contribution < -0.4 is 11.2 Å². The van der Waals surface area contributed by atoms with Crippen molar-refractivity contribution in [1.29, 1.82) is 0 Å². The minimum absolute atomic E-state index is 0.284. The Morgan fingerprint density at radius 1 is 1.14 bits per heavy atom. The van der Waals surface area contributed by atoms with E-state index in [1.165, 1.54) is 0 Å². The van der Waals surface area contributed by atoms with Crippen molar-refractivity contribution < 1.29 is 4.42 Å². The molecule has 1 aliphatic heterocycles. The number of amidine groups is 1. The molecule has 0 radical (unpaired) electrons. The lowest BCUT2D eigenvalue weighted by molar-refractivity contribution is 0.504. The predicted octanol–water partition coefficient (Wildman–Crippen LogP) is 2.44. The SMILES string of the molecule is Cc1cc(C2=NN=C(N)/C2=N/Nc2ccccc2)c(C)o1. The third-order valence-electron chi connectivity index (χ3n) is 3.09. The lowest BCUT2D eigenvalue weighted by Crippen LogP contribution is -2.28. The number of hydrogen-bond donors (Lipinski definition) is 2. The fraction of sp³-hybridized carbons (Fsp3) is 0.133. The molecule has 1 aromatic heterocycles. The van der Waals surface area contributed by atoms with Crippen LogP contribution in [0.25, 0.3) is 0 Å². The van der Waals surface area contributed by atoms with Gasteiger partial charge >= 0.3 is 0 Å². The van der Waals surface area contributed by atoms with Gasteiger partial charge in [0.25, 0.3) is 0 Å². The third kappa shape index (κ3) is 2.55. The molecule has 0 atom stereocenters. The van der Waals surface area contributed by atoms with E-state index in [2.05, 4.69) is 20.7 Å². The first-order chi connectivity index (χ1) is 10.1. The summed E-state index contributed by atoms with van der Waals surface area (Å²) in [5.41, 5.74) is 11.7. The van der Waals surface area contributed by atoms with Crippen molar-refractivity contribution in [3.8, 4) is 0 Å². The second-order valence-corrected chi connectivity index (χ2v) is 4.70. The monoisotopic (exact) mass is 281 g/mol. The first-order valence-corrected chi connectivity index (χ1v) is 6.53. The van der Waals surface area contributed by atoms with E-state index in [-0.39, 0.29) is 5.84 Å². The van der Waals surface area contributed by atoms with Gasteiger partial charge in [-0.1, -0.05) is 18.2 Å². The van der Waals surface area contributed by atoms with Crippen LogP contribution in [0, 0.1) is 13.8 Å². The van der Waals surface area contributed by atoms with Crippen LogP contribution >= 0.6 is 0 Å². The Balaban J connectivity index is 1.91. The maximum atomic E-state index is 5.86. The lowest BCUT2D eigenvalue weighted by atomic mass is 10.1. The summed E-state index contributed by atoms with van der Waals surface area (Å²) < 4.78 is 5.53. The van der Waals surface area contributed by atoms with Crippen LogP contribution in [0.4, 0.5) is 5.69 Å². The highest BCUT2D eigenvalue weighted by Gasteiger charge is 2.24. The number of aryl methyl sites for hydroxylation is 2. The Kier molecular flexibility index (Phi) is 3.27. The number of nitrogens with zero attached hydrogens (tertiary/aromatic N) is 3. The van der Waals surface area contributed by atoms with Crippen LogP contribution in [0.3, 0.4) is 0 Å². The van der Waals surface area contributed by atoms with Crippen molar-refractivity contribution in [2.24, 2.45) is 21.0 Å². The van der Waals surface area contributed by atoms with E-state index in [0.29, 0.717) is 11.4 Å². The second-order valence-electron chi connectivity index (χ2n) is 4.70. The van der Waals surface area contributed by atoms with Gasteiger partial charge in [0.1, 0.15) is 17.2 Å². The van der Waals surface area contributed by atoms with Crippen LogP contribution in [0.2, 0.25) is 0 Å². The lowest BCUT2D eigenvalue weighted by Gasteiger charge is -2.04. The van der Waals surface area contributed by atoms with Crippen molar-refractivity contribution in [3.63, 3.8) is 0 Å². The zero-order valence-corrected chi connectivity index (χ0v) is 11.8. The average molecular weight is 281 g/mol. The summed E-state index contributed by atoms with van der Waals surface area (Å²) in [5.74, 6) is 1.86. The Morgan fingerprint density at radius 2 is 1.90 bits per heavy atom. The molecule has 0 bridgehead atoms. The van der Waals surface area contributed by atoms with Gasteiger partial charge in [-0.3, -0.25) is 5.43 Å². The minimum Gasteiger partial charge on any atom is -0.466 e. The molecule has 0 saturated heterocycles. The maximum Gasteiger partial charge on any atom is 0.176 e.